The number of amides is 2. The van der Waals surface area contributed by atoms with E-state index in [0.29, 0.717) is 6.42 Å². The van der Waals surface area contributed by atoms with Gasteiger partial charge in [0.25, 0.3) is 5.91 Å². The summed E-state index contributed by atoms with van der Waals surface area (Å²) in [5, 5.41) is 2.42. The van der Waals surface area contributed by atoms with Gasteiger partial charge in [-0.05, 0) is 12.3 Å². The molecule has 4 nitrogen and oxygen atoms in total. The van der Waals surface area contributed by atoms with E-state index in [1.807, 2.05) is 19.8 Å². The van der Waals surface area contributed by atoms with E-state index in [-0.39, 0.29) is 0 Å². The molecule has 0 fully saturated rings. The van der Waals surface area contributed by atoms with Crippen LogP contribution in [-0.2, 0) is 9.59 Å². The molecule has 0 saturated heterocycles. The molecule has 1 unspecified atom stereocenters. The molecule has 0 saturated carbocycles. The lowest BCUT2D eigenvalue weighted by atomic mass is 9.78. The second-order valence-corrected chi connectivity index (χ2v) is 3.91. The second kappa shape index (κ2) is 5.96. The first-order chi connectivity index (χ1) is 7.41. The highest BCUT2D eigenvalue weighted by molar-refractivity contribution is 5.96. The van der Waals surface area contributed by atoms with Crippen LogP contribution in [0, 0.1) is 17.8 Å². The van der Waals surface area contributed by atoms with Crippen LogP contribution in [-0.4, -0.2) is 17.9 Å². The number of nitrogens with one attached hydrogen (secondary N) is 1. The molecule has 88 valence electrons. The van der Waals surface area contributed by atoms with Crippen molar-refractivity contribution in [3.8, 4) is 12.3 Å². The number of hydrogen-bond acceptors (Lipinski definition) is 2. The first kappa shape index (κ1) is 14.2. The maximum Gasteiger partial charge on any atom is 0.296 e. The third-order valence-electron chi connectivity index (χ3n) is 2.61. The van der Waals surface area contributed by atoms with Crippen LogP contribution in [0.2, 0.25) is 0 Å². The molecule has 4 heteroatoms. The minimum Gasteiger partial charge on any atom is -0.368 e. The Morgan fingerprint density at radius 1 is 1.69 bits per heavy atom. The molecule has 0 rings (SSSR count). The monoisotopic (exact) mass is 222 g/mol. The van der Waals surface area contributed by atoms with E-state index in [9.17, 15) is 9.59 Å². The van der Waals surface area contributed by atoms with Crippen molar-refractivity contribution in [1.82, 2.24) is 5.32 Å². The van der Waals surface area contributed by atoms with Crippen molar-refractivity contribution in [2.45, 2.75) is 32.7 Å². The minimum absolute atomic E-state index is 0.576. The zero-order chi connectivity index (χ0) is 12.8. The van der Waals surface area contributed by atoms with Crippen molar-refractivity contribution in [3.05, 3.63) is 12.7 Å². The molecule has 0 heterocycles. The molecule has 3 N–H and O–H groups in total. The fourth-order valence-electron chi connectivity index (χ4n) is 1.64. The van der Waals surface area contributed by atoms with Gasteiger partial charge in [-0.15, -0.1) is 13.0 Å². The van der Waals surface area contributed by atoms with Gasteiger partial charge in [-0.25, -0.2) is 0 Å². The highest BCUT2D eigenvalue weighted by Crippen LogP contribution is 2.28. The number of rotatable bonds is 6. The van der Waals surface area contributed by atoms with Gasteiger partial charge in [-0.1, -0.05) is 26.3 Å². The molecule has 2 amide bonds. The Morgan fingerprint density at radius 2 is 2.25 bits per heavy atom. The number of terminal acetylenes is 1. The van der Waals surface area contributed by atoms with Gasteiger partial charge in [0.1, 0.15) is 6.04 Å². The van der Waals surface area contributed by atoms with E-state index in [1.54, 1.807) is 6.08 Å². The smallest absolute Gasteiger partial charge is 0.296 e. The van der Waals surface area contributed by atoms with Gasteiger partial charge in [0.2, 0.25) is 5.91 Å². The Hall–Kier alpha value is -1.76. The van der Waals surface area contributed by atoms with Crippen LogP contribution in [0.5, 0.6) is 0 Å². The normalized spacial score (nSPS) is 15.3. The summed E-state index contributed by atoms with van der Waals surface area (Å²) in [7, 11) is 0. The van der Waals surface area contributed by atoms with Crippen molar-refractivity contribution in [2.75, 3.05) is 0 Å². The van der Waals surface area contributed by atoms with E-state index in [1.165, 1.54) is 0 Å². The Labute approximate surface area is 96.3 Å². The quantitative estimate of drug-likeness (QED) is 0.510. The molecule has 0 radical (unpaired) electrons. The number of nitrogens with two attached hydrogens (primary N) is 1. The second-order valence-electron chi connectivity index (χ2n) is 3.91. The third-order valence-corrected chi connectivity index (χ3v) is 2.61. The lowest BCUT2D eigenvalue weighted by molar-refractivity contribution is -0.127. The van der Waals surface area contributed by atoms with Crippen molar-refractivity contribution < 1.29 is 9.59 Å². The molecule has 0 aliphatic rings. The number of primary amides is 1. The summed E-state index contributed by atoms with van der Waals surface area (Å²) in [6.45, 7) is 7.47. The zero-order valence-electron chi connectivity index (χ0n) is 9.75. The lowest BCUT2D eigenvalue weighted by Crippen LogP contribution is -2.53. The largest absolute Gasteiger partial charge is 0.368 e. The molecule has 0 aromatic heterocycles. The van der Waals surface area contributed by atoms with Gasteiger partial charge in [-0.2, -0.15) is 0 Å². The van der Waals surface area contributed by atoms with E-state index < -0.39 is 23.3 Å². The minimum atomic E-state index is -0.825. The predicted octanol–water partition coefficient (Wildman–Crippen LogP) is 0.582. The van der Waals surface area contributed by atoms with Crippen molar-refractivity contribution in [3.63, 3.8) is 0 Å². The molecule has 0 bridgehead atoms. The van der Waals surface area contributed by atoms with Gasteiger partial charge in [0.05, 0.1) is 0 Å². The molecule has 0 aliphatic heterocycles. The van der Waals surface area contributed by atoms with Crippen molar-refractivity contribution in [2.24, 2.45) is 11.1 Å². The predicted molar refractivity (Wildman–Crippen MR) is 63.2 cm³/mol. The highest BCUT2D eigenvalue weighted by Gasteiger charge is 2.35. The standard InChI is InChI=1S/C12H18N2O2/c1-5-8-12(4,7-3)10(11(13)16)14-9(15)6-2/h2,7,10H,3,5,8H2,1,4H3,(H2,13,16)(H,14,15)/t10-,12?/m1/s1. The molecule has 16 heavy (non-hydrogen) atoms. The highest BCUT2D eigenvalue weighted by atomic mass is 16.2. The van der Waals surface area contributed by atoms with E-state index in [4.69, 9.17) is 12.2 Å². The summed E-state index contributed by atoms with van der Waals surface area (Å²) < 4.78 is 0. The fraction of sp³-hybridized carbons (Fsp3) is 0.500. The van der Waals surface area contributed by atoms with Crippen LogP contribution in [0.3, 0.4) is 0 Å². The van der Waals surface area contributed by atoms with Crippen LogP contribution < -0.4 is 11.1 Å². The number of carbonyl (C=O) groups is 2. The van der Waals surface area contributed by atoms with Gasteiger partial charge in [0, 0.05) is 5.41 Å². The molecular weight excluding hydrogens is 204 g/mol. The van der Waals surface area contributed by atoms with Crippen molar-refractivity contribution in [1.29, 1.82) is 0 Å². The molecule has 0 spiro atoms. The Kier molecular flexibility index (Phi) is 5.31. The van der Waals surface area contributed by atoms with Gasteiger partial charge in [-0.3, -0.25) is 9.59 Å². The van der Waals surface area contributed by atoms with Crippen LogP contribution in [0.25, 0.3) is 0 Å². The third kappa shape index (κ3) is 3.43. The van der Waals surface area contributed by atoms with Crippen LogP contribution in [0.4, 0.5) is 0 Å². The Bertz CT molecular complexity index is 330. The molecule has 0 aromatic carbocycles. The topological polar surface area (TPSA) is 72.2 Å². The van der Waals surface area contributed by atoms with Crippen LogP contribution in [0.15, 0.2) is 12.7 Å². The zero-order valence-corrected chi connectivity index (χ0v) is 9.75. The first-order valence-electron chi connectivity index (χ1n) is 5.11. The summed E-state index contributed by atoms with van der Waals surface area (Å²) in [5.74, 6) is 0.639. The maximum atomic E-state index is 11.3. The summed E-state index contributed by atoms with van der Waals surface area (Å²) in [6, 6.07) is -0.825. The van der Waals surface area contributed by atoms with Gasteiger partial charge in [0.15, 0.2) is 0 Å². The summed E-state index contributed by atoms with van der Waals surface area (Å²) in [5.41, 5.74) is 4.69. The summed E-state index contributed by atoms with van der Waals surface area (Å²) in [4.78, 5) is 22.4. The van der Waals surface area contributed by atoms with Crippen LogP contribution >= 0.6 is 0 Å². The van der Waals surface area contributed by atoms with Crippen LogP contribution in [0.1, 0.15) is 26.7 Å². The average Bonchev–Trinajstić information content (AvgIpc) is 2.25. The van der Waals surface area contributed by atoms with E-state index >= 15 is 0 Å². The lowest BCUT2D eigenvalue weighted by Gasteiger charge is -2.32. The molecule has 2 atom stereocenters. The summed E-state index contributed by atoms with van der Waals surface area (Å²) >= 11 is 0. The SMILES string of the molecule is C#CC(=O)N[C@H](C(N)=O)C(C)(C=C)CCC. The Balaban J connectivity index is 5.02. The van der Waals surface area contributed by atoms with Gasteiger partial charge >= 0.3 is 0 Å². The molecular formula is C12H18N2O2. The molecule has 0 aliphatic carbocycles. The number of carbonyl (C=O) groups excluding carboxylic acids is 2. The van der Waals surface area contributed by atoms with Crippen molar-refractivity contribution >= 4 is 11.8 Å². The Morgan fingerprint density at radius 3 is 2.56 bits per heavy atom. The average molecular weight is 222 g/mol. The first-order valence-corrected chi connectivity index (χ1v) is 5.11. The van der Waals surface area contributed by atoms with E-state index in [2.05, 4.69) is 11.9 Å². The number of hydrogen-bond donors (Lipinski definition) is 2. The van der Waals surface area contributed by atoms with Gasteiger partial charge < -0.3 is 11.1 Å². The molecule has 0 aromatic rings. The fourth-order valence-corrected chi connectivity index (χ4v) is 1.64. The van der Waals surface area contributed by atoms with E-state index in [0.717, 1.165) is 6.42 Å². The maximum absolute atomic E-state index is 11.3. The summed E-state index contributed by atoms with van der Waals surface area (Å²) in [6.07, 6.45) is 8.10.